The van der Waals surface area contributed by atoms with Crippen LogP contribution in [-0.4, -0.2) is 64.8 Å². The Bertz CT molecular complexity index is 990. The molecule has 0 bridgehead atoms. The van der Waals surface area contributed by atoms with Crippen LogP contribution in [0.5, 0.6) is 11.5 Å². The van der Waals surface area contributed by atoms with Gasteiger partial charge in [-0.15, -0.1) is 0 Å². The Hall–Kier alpha value is -2.97. The number of rotatable bonds is 7. The molecule has 0 amide bonds. The van der Waals surface area contributed by atoms with Crippen molar-refractivity contribution in [3.05, 3.63) is 41.0 Å². The third-order valence-electron chi connectivity index (χ3n) is 5.87. The van der Waals surface area contributed by atoms with E-state index in [0.717, 1.165) is 5.56 Å². The van der Waals surface area contributed by atoms with Crippen LogP contribution in [0.1, 0.15) is 24.5 Å². The number of fused-ring (bicyclic) bond motifs is 3. The van der Waals surface area contributed by atoms with Crippen LogP contribution in [0.3, 0.4) is 0 Å². The third-order valence-corrected chi connectivity index (χ3v) is 5.87. The first-order chi connectivity index (χ1) is 15.3. The van der Waals surface area contributed by atoms with Crippen LogP contribution >= 0.6 is 0 Å². The lowest BCUT2D eigenvalue weighted by atomic mass is 9.71. The lowest BCUT2D eigenvalue weighted by molar-refractivity contribution is -0.175. The quantitative estimate of drug-likeness (QED) is 0.359. The minimum absolute atomic E-state index is 0.119. The highest BCUT2D eigenvalue weighted by molar-refractivity contribution is 6.48. The number of allylic oxidation sites excluding steroid dienone is 4. The topological polar surface area (TPSA) is 97.4 Å². The van der Waals surface area contributed by atoms with E-state index in [2.05, 4.69) is 0 Å². The first-order valence-electron chi connectivity index (χ1n) is 10.2. The van der Waals surface area contributed by atoms with E-state index in [1.807, 2.05) is 0 Å². The minimum atomic E-state index is -1.07. The van der Waals surface area contributed by atoms with Crippen molar-refractivity contribution in [1.29, 1.82) is 0 Å². The van der Waals surface area contributed by atoms with E-state index >= 15 is 0 Å². The molecule has 0 heterocycles. The molecule has 0 radical (unpaired) electrons. The second-order valence-electron chi connectivity index (χ2n) is 7.95. The van der Waals surface area contributed by atoms with E-state index in [9.17, 15) is 14.4 Å². The highest BCUT2D eigenvalue weighted by Crippen LogP contribution is 2.45. The molecule has 0 saturated carbocycles. The highest BCUT2D eigenvalue weighted by Gasteiger charge is 2.46. The predicted molar refractivity (Wildman–Crippen MR) is 116 cm³/mol. The number of carbonyl (C=O) groups excluding carboxylic acids is 3. The summed E-state index contributed by atoms with van der Waals surface area (Å²) < 4.78 is 27.9. The predicted octanol–water partition coefficient (Wildman–Crippen LogP) is 2.32. The summed E-state index contributed by atoms with van der Waals surface area (Å²) in [7, 11) is 6.16. The number of methoxy groups -OCH3 is 4. The van der Waals surface area contributed by atoms with Gasteiger partial charge in [0.05, 0.1) is 27.4 Å². The maximum atomic E-state index is 12.3. The summed E-state index contributed by atoms with van der Waals surface area (Å²) in [5.41, 5.74) is 1.71. The van der Waals surface area contributed by atoms with Crippen LogP contribution in [0, 0.1) is 5.92 Å². The summed E-state index contributed by atoms with van der Waals surface area (Å²) in [5.74, 6) is -0.995. The van der Waals surface area contributed by atoms with Crippen molar-refractivity contribution in [2.24, 2.45) is 5.92 Å². The zero-order valence-electron chi connectivity index (χ0n) is 19.0. The molecule has 8 nitrogen and oxygen atoms in total. The van der Waals surface area contributed by atoms with Crippen LogP contribution in [0.15, 0.2) is 29.9 Å². The summed E-state index contributed by atoms with van der Waals surface area (Å²) >= 11 is 0. The number of esters is 1. The van der Waals surface area contributed by atoms with Crippen molar-refractivity contribution in [2.75, 3.05) is 41.7 Å². The maximum absolute atomic E-state index is 12.3. The summed E-state index contributed by atoms with van der Waals surface area (Å²) in [4.78, 5) is 36.7. The highest BCUT2D eigenvalue weighted by atomic mass is 16.6. The van der Waals surface area contributed by atoms with Gasteiger partial charge in [0.1, 0.15) is 5.60 Å². The molecule has 2 atom stereocenters. The molecule has 0 saturated heterocycles. The van der Waals surface area contributed by atoms with Gasteiger partial charge < -0.3 is 23.7 Å². The van der Waals surface area contributed by atoms with E-state index in [4.69, 9.17) is 23.7 Å². The molecule has 8 heteroatoms. The second-order valence-corrected chi connectivity index (χ2v) is 7.95. The molecule has 3 rings (SSSR count). The second kappa shape index (κ2) is 9.67. The van der Waals surface area contributed by atoms with Gasteiger partial charge in [-0.1, -0.05) is 0 Å². The molecule has 0 aliphatic heterocycles. The fourth-order valence-corrected chi connectivity index (χ4v) is 4.52. The van der Waals surface area contributed by atoms with Crippen LogP contribution in [0.4, 0.5) is 0 Å². The van der Waals surface area contributed by atoms with Crippen LogP contribution < -0.4 is 9.47 Å². The van der Waals surface area contributed by atoms with Gasteiger partial charge in [-0.2, -0.15) is 0 Å². The Morgan fingerprint density at radius 2 is 1.66 bits per heavy atom. The fourth-order valence-electron chi connectivity index (χ4n) is 4.52. The Labute approximate surface area is 187 Å². The van der Waals surface area contributed by atoms with Gasteiger partial charge in [-0.05, 0) is 53.0 Å². The monoisotopic (exact) mass is 444 g/mol. The summed E-state index contributed by atoms with van der Waals surface area (Å²) in [6.07, 6.45) is 3.36. The number of ether oxygens (including phenoxy) is 5. The van der Waals surface area contributed by atoms with Crippen molar-refractivity contribution in [3.63, 3.8) is 0 Å². The molecular weight excluding hydrogens is 416 g/mol. The lowest BCUT2D eigenvalue weighted by Gasteiger charge is -2.42. The average Bonchev–Trinajstić information content (AvgIpc) is 2.74. The molecule has 2 aliphatic carbocycles. The van der Waals surface area contributed by atoms with Crippen molar-refractivity contribution in [3.8, 4) is 11.5 Å². The molecule has 0 spiro atoms. The van der Waals surface area contributed by atoms with E-state index in [1.165, 1.54) is 40.4 Å². The lowest BCUT2D eigenvalue weighted by Crippen LogP contribution is -2.51. The van der Waals surface area contributed by atoms with E-state index in [-0.39, 0.29) is 25.6 Å². The number of hydrogen-bond donors (Lipinski definition) is 0. The Morgan fingerprint density at radius 1 is 1.00 bits per heavy atom. The van der Waals surface area contributed by atoms with Crippen molar-refractivity contribution in [2.45, 2.75) is 25.4 Å². The summed E-state index contributed by atoms with van der Waals surface area (Å²) in [6, 6.07) is 3.58. The summed E-state index contributed by atoms with van der Waals surface area (Å²) in [5, 5.41) is 0. The molecule has 0 aromatic heterocycles. The van der Waals surface area contributed by atoms with Crippen LogP contribution in [-0.2, 0) is 35.0 Å². The maximum Gasteiger partial charge on any atom is 0.303 e. The number of hydrogen-bond acceptors (Lipinski definition) is 8. The SMILES string of the molecule is COC[C@@H]1CC2=CC(=O)C(=O)C=C2c2cc(OC)c(OC)cc2C[C@]1(COC)OC(C)=O. The molecule has 0 N–H and O–H groups in total. The first kappa shape index (κ1) is 23.7. The number of carbonyl (C=O) groups is 3. The van der Waals surface area contributed by atoms with Gasteiger partial charge in [-0.25, -0.2) is 0 Å². The molecule has 0 unspecified atom stereocenters. The molecule has 32 heavy (non-hydrogen) atoms. The van der Waals surface area contributed by atoms with Gasteiger partial charge in [-0.3, -0.25) is 14.4 Å². The van der Waals surface area contributed by atoms with E-state index in [0.29, 0.717) is 34.6 Å². The van der Waals surface area contributed by atoms with Gasteiger partial charge in [0.25, 0.3) is 0 Å². The Morgan fingerprint density at radius 3 is 2.25 bits per heavy atom. The standard InChI is InChI=1S/C24H28O8/c1-14(25)32-24(13-29-3)11-16-8-22(30-4)23(31-5)10-19(16)18-9-21(27)20(26)7-15(18)6-17(24)12-28-2/h7-10,17H,6,11-13H2,1-5H3/t17-,24+/m0/s1. The molecule has 2 aliphatic rings. The van der Waals surface area contributed by atoms with Gasteiger partial charge in [0, 0.05) is 33.5 Å². The zero-order chi connectivity index (χ0) is 23.5. The number of ketones is 2. The smallest absolute Gasteiger partial charge is 0.303 e. The zero-order valence-corrected chi connectivity index (χ0v) is 19.0. The Kier molecular flexibility index (Phi) is 7.16. The minimum Gasteiger partial charge on any atom is -0.493 e. The summed E-state index contributed by atoms with van der Waals surface area (Å²) in [6.45, 7) is 1.72. The molecule has 1 aromatic carbocycles. The largest absolute Gasteiger partial charge is 0.493 e. The third kappa shape index (κ3) is 4.47. The van der Waals surface area contributed by atoms with Crippen molar-refractivity contribution >= 4 is 23.1 Å². The van der Waals surface area contributed by atoms with Crippen LogP contribution in [0.2, 0.25) is 0 Å². The van der Waals surface area contributed by atoms with Gasteiger partial charge >= 0.3 is 5.97 Å². The van der Waals surface area contributed by atoms with E-state index in [1.54, 1.807) is 19.2 Å². The molecular formula is C24H28O8. The molecule has 0 fully saturated rings. The number of benzene rings is 1. The van der Waals surface area contributed by atoms with Crippen LogP contribution in [0.25, 0.3) is 5.57 Å². The first-order valence-corrected chi connectivity index (χ1v) is 10.2. The van der Waals surface area contributed by atoms with Crippen molar-refractivity contribution < 1.29 is 38.1 Å². The normalized spacial score (nSPS) is 22.6. The van der Waals surface area contributed by atoms with E-state index < -0.39 is 23.1 Å². The van der Waals surface area contributed by atoms with Gasteiger partial charge in [0.15, 0.2) is 11.5 Å². The Balaban J connectivity index is 2.32. The average molecular weight is 444 g/mol. The van der Waals surface area contributed by atoms with Crippen molar-refractivity contribution in [1.82, 2.24) is 0 Å². The van der Waals surface area contributed by atoms with Gasteiger partial charge in [0.2, 0.25) is 11.6 Å². The molecule has 1 aromatic rings. The molecule has 172 valence electrons. The fraction of sp³-hybridized carbons (Fsp3) is 0.458.